The third-order valence-electron chi connectivity index (χ3n) is 1.60. The van der Waals surface area contributed by atoms with Crippen molar-refractivity contribution in [3.05, 3.63) is 46.1 Å². The van der Waals surface area contributed by atoms with Gasteiger partial charge in [0.15, 0.2) is 11.4 Å². The number of nitriles is 2. The number of rotatable bonds is 0. The number of hydrogen-bond donors (Lipinski definition) is 0. The zero-order valence-electron chi connectivity index (χ0n) is 9.23. The molecule has 0 saturated heterocycles. The predicted octanol–water partition coefficient (Wildman–Crippen LogP) is 2.73. The predicted molar refractivity (Wildman–Crippen MR) is 60.0 cm³/mol. The van der Waals surface area contributed by atoms with Crippen LogP contribution in [0.1, 0.15) is 12.5 Å². The maximum atomic E-state index is 8.65. The summed E-state index contributed by atoms with van der Waals surface area (Å²) in [6, 6.07) is 6.13. The van der Waals surface area contributed by atoms with Gasteiger partial charge in [0.2, 0.25) is 0 Å². The molecule has 0 unspecified atom stereocenters. The lowest BCUT2D eigenvalue weighted by atomic mass is 10.1. The molecule has 0 aromatic heterocycles. The molecule has 1 rings (SSSR count). The molecule has 4 nitrogen and oxygen atoms in total. The van der Waals surface area contributed by atoms with Crippen LogP contribution in [0, 0.1) is 35.8 Å². The molecule has 0 spiro atoms. The summed E-state index contributed by atoms with van der Waals surface area (Å²) in [5.41, 5.74) is 0.475. The summed E-state index contributed by atoms with van der Waals surface area (Å²) in [5, 5.41) is 17.3. The zero-order chi connectivity index (χ0) is 13.3. The van der Waals surface area contributed by atoms with Crippen LogP contribution in [0.2, 0.25) is 6.80 Å². The van der Waals surface area contributed by atoms with E-state index in [9.17, 15) is 0 Å². The highest BCUT2D eigenvalue weighted by Crippen LogP contribution is 2.30. The van der Waals surface area contributed by atoms with E-state index in [2.05, 4.69) is 17.5 Å². The molecule has 0 N–H and O–H groups in total. The summed E-state index contributed by atoms with van der Waals surface area (Å²) >= 11 is 0. The highest BCUT2D eigenvalue weighted by Gasteiger charge is 2.08. The van der Waals surface area contributed by atoms with E-state index in [1.54, 1.807) is 12.1 Å². The molecular weight excluding hydrogens is 199 g/mol. The summed E-state index contributed by atoms with van der Waals surface area (Å²) in [6.45, 7) is 13.6. The highest BCUT2D eigenvalue weighted by atomic mass is 14.7. The van der Waals surface area contributed by atoms with Gasteiger partial charge in [-0.05, 0) is 12.1 Å². The maximum absolute atomic E-state index is 8.65. The van der Waals surface area contributed by atoms with E-state index in [0.29, 0.717) is 0 Å². The van der Waals surface area contributed by atoms with Gasteiger partial charge >= 0.3 is 0 Å². The Morgan fingerprint density at radius 3 is 1.69 bits per heavy atom. The molecule has 2 radical (unpaired) electrons. The molecule has 0 aliphatic carbocycles. The average molecular weight is 206 g/mol. The van der Waals surface area contributed by atoms with Gasteiger partial charge < -0.3 is 0 Å². The van der Waals surface area contributed by atoms with Gasteiger partial charge in [-0.2, -0.15) is 10.5 Å². The highest BCUT2D eigenvalue weighted by molar-refractivity contribution is 6.05. The first-order valence-corrected chi connectivity index (χ1v) is 3.90. The Hall–Kier alpha value is -2.76. The van der Waals surface area contributed by atoms with E-state index in [4.69, 9.17) is 25.0 Å². The number of hydrogen-bond acceptors (Lipinski definition) is 2. The summed E-state index contributed by atoms with van der Waals surface area (Å²) < 4.78 is 5.99. The second-order valence-corrected chi connectivity index (χ2v) is 2.33. The SMILES string of the molecule is [3H]C[B].[C-]#[N+]c1cc(C#N)c(C#N)cc1[N+]#[C-]. The van der Waals surface area contributed by atoms with Gasteiger partial charge in [-0.1, -0.05) is 6.80 Å². The molecule has 0 aliphatic rings. The van der Waals surface area contributed by atoms with Gasteiger partial charge in [0.1, 0.15) is 0 Å². The molecule has 0 amide bonds. The van der Waals surface area contributed by atoms with Gasteiger partial charge in [-0.25, -0.2) is 0 Å². The quantitative estimate of drug-likeness (QED) is 0.483. The molecule has 1 aromatic rings. The fourth-order valence-corrected chi connectivity index (χ4v) is 0.941. The lowest BCUT2D eigenvalue weighted by molar-refractivity contribution is 1.44. The smallest absolute Gasteiger partial charge is 0.195 e. The van der Waals surface area contributed by atoms with Crippen LogP contribution < -0.4 is 0 Å². The lowest BCUT2D eigenvalue weighted by Gasteiger charge is -1.97. The third kappa shape index (κ3) is 2.61. The van der Waals surface area contributed by atoms with Gasteiger partial charge in [-0.3, -0.25) is 9.69 Å². The van der Waals surface area contributed by atoms with Crippen LogP contribution in [0.5, 0.6) is 0 Å². The monoisotopic (exact) mass is 206 g/mol. The van der Waals surface area contributed by atoms with Crippen LogP contribution in [0.15, 0.2) is 12.1 Å². The minimum absolute atomic E-state index is 0. The van der Waals surface area contributed by atoms with Crippen molar-refractivity contribution < 1.29 is 1.37 Å². The summed E-state index contributed by atoms with van der Waals surface area (Å²) in [4.78, 5) is 6.20. The fraction of sp³-hybridized carbons (Fsp3) is 0.0909. The lowest BCUT2D eigenvalue weighted by Crippen LogP contribution is -1.82. The van der Waals surface area contributed by atoms with Crippen molar-refractivity contribution in [2.45, 2.75) is 6.80 Å². The van der Waals surface area contributed by atoms with Crippen molar-refractivity contribution >= 4 is 19.2 Å². The Balaban J connectivity index is 0.000000770. The van der Waals surface area contributed by atoms with Crippen LogP contribution in [-0.4, -0.2) is 7.85 Å². The van der Waals surface area contributed by atoms with E-state index < -0.39 is 0 Å². The molecule has 0 aliphatic heterocycles. The number of benzene rings is 1. The van der Waals surface area contributed by atoms with Gasteiger partial charge in [0, 0.05) is 1.37 Å². The Bertz CT molecular complexity index is 471. The summed E-state index contributed by atoms with van der Waals surface area (Å²) in [7, 11) is 4.51. The molecule has 0 atom stereocenters. The molecule has 72 valence electrons. The third-order valence-corrected chi connectivity index (χ3v) is 1.60. The standard InChI is InChI=1S/C10H2N4.CH3B/c1-13-9-3-7(5-11)8(6-12)4-10(9)14-2;1-2/h3-4H;1H3/i;1T. The van der Waals surface area contributed by atoms with E-state index >= 15 is 0 Å². The first kappa shape index (κ1) is 11.3. The Kier molecular flexibility index (Phi) is 4.71. The van der Waals surface area contributed by atoms with Crippen molar-refractivity contribution in [1.29, 1.82) is 10.5 Å². The number of nitrogens with zero attached hydrogens (tertiary/aromatic N) is 4. The zero-order valence-corrected chi connectivity index (χ0v) is 8.23. The average Bonchev–Trinajstić information content (AvgIpc) is 2.37. The van der Waals surface area contributed by atoms with E-state index in [0.717, 1.165) is 0 Å². The van der Waals surface area contributed by atoms with Crippen LogP contribution in [-0.2, 0) is 0 Å². The minimum atomic E-state index is 0. The Morgan fingerprint density at radius 1 is 1.19 bits per heavy atom. The van der Waals surface area contributed by atoms with Crippen LogP contribution in [0.3, 0.4) is 0 Å². The van der Waals surface area contributed by atoms with Gasteiger partial charge in [-0.15, -0.1) is 0 Å². The maximum Gasteiger partial charge on any atom is 0.195 e. The van der Waals surface area contributed by atoms with Crippen LogP contribution in [0.4, 0.5) is 11.4 Å². The molecule has 0 fully saturated rings. The first-order chi connectivity index (χ1) is 8.18. The topological polar surface area (TPSA) is 56.3 Å². The molecule has 1 aromatic carbocycles. The van der Waals surface area contributed by atoms with E-state index in [1.165, 1.54) is 12.1 Å². The van der Waals surface area contributed by atoms with Crippen molar-refractivity contribution in [3.8, 4) is 12.1 Å². The van der Waals surface area contributed by atoms with Crippen molar-refractivity contribution in [2.24, 2.45) is 0 Å². The van der Waals surface area contributed by atoms with Crippen molar-refractivity contribution in [1.82, 2.24) is 0 Å². The second-order valence-electron chi connectivity index (χ2n) is 2.33. The minimum Gasteiger partial charge on any atom is -0.250 e. The molecule has 0 heterocycles. The molecule has 5 heteroatoms. The second kappa shape index (κ2) is 6.66. The van der Waals surface area contributed by atoms with E-state index in [-0.39, 0.29) is 29.3 Å². The molecular formula is C11H5BN4. The van der Waals surface area contributed by atoms with Gasteiger partial charge in [0.05, 0.1) is 44.3 Å². The Morgan fingerprint density at radius 2 is 1.50 bits per heavy atom. The Labute approximate surface area is 96.8 Å². The fourth-order valence-electron chi connectivity index (χ4n) is 0.941. The molecule has 16 heavy (non-hydrogen) atoms. The first-order valence-electron chi connectivity index (χ1n) is 4.61. The van der Waals surface area contributed by atoms with Gasteiger partial charge in [0.25, 0.3) is 0 Å². The van der Waals surface area contributed by atoms with Crippen LogP contribution in [0.25, 0.3) is 9.69 Å². The summed E-state index contributed by atoms with van der Waals surface area (Å²) in [5.74, 6) is 0. The van der Waals surface area contributed by atoms with Crippen molar-refractivity contribution in [2.75, 3.05) is 0 Å². The largest absolute Gasteiger partial charge is 0.250 e. The van der Waals surface area contributed by atoms with Crippen molar-refractivity contribution in [3.63, 3.8) is 0 Å². The van der Waals surface area contributed by atoms with E-state index in [1.807, 2.05) is 0 Å². The summed E-state index contributed by atoms with van der Waals surface area (Å²) in [6.07, 6.45) is 0. The molecule has 0 bridgehead atoms. The molecule has 0 saturated carbocycles. The normalized spacial score (nSPS) is 7.88. The van der Waals surface area contributed by atoms with Crippen LogP contribution >= 0.6 is 0 Å².